The lowest BCUT2D eigenvalue weighted by Crippen LogP contribution is -1.99. The Hall–Kier alpha value is -1.86. The first-order valence-electron chi connectivity index (χ1n) is 5.31. The molecule has 0 aliphatic heterocycles. The predicted octanol–water partition coefficient (Wildman–Crippen LogP) is 4.00. The van der Waals surface area contributed by atoms with Crippen LogP contribution in [0.5, 0.6) is 5.75 Å². The Kier molecular flexibility index (Phi) is 4.41. The summed E-state index contributed by atoms with van der Waals surface area (Å²) in [4.78, 5) is 20.9. The molecule has 0 saturated carbocycles. The number of furan rings is 1. The summed E-state index contributed by atoms with van der Waals surface area (Å²) >= 11 is 8.92. The van der Waals surface area contributed by atoms with Crippen LogP contribution in [-0.4, -0.2) is 11.2 Å². The first-order valence-corrected chi connectivity index (χ1v) is 6.48. The Labute approximate surface area is 126 Å². The molecule has 8 heteroatoms. The van der Waals surface area contributed by atoms with Gasteiger partial charge in [-0.15, -0.1) is 0 Å². The number of nitrogens with zero attached hydrogens (tertiary/aromatic N) is 1. The molecular weight excluding hydrogens is 353 g/mol. The van der Waals surface area contributed by atoms with E-state index < -0.39 is 4.92 Å². The van der Waals surface area contributed by atoms with Crippen LogP contribution in [0.25, 0.3) is 0 Å². The van der Waals surface area contributed by atoms with Gasteiger partial charge in [-0.2, -0.15) is 0 Å². The maximum Gasteiger partial charge on any atom is 0.313 e. The number of carbonyl (C=O) groups is 1. The molecule has 0 bridgehead atoms. The van der Waals surface area contributed by atoms with Crippen molar-refractivity contribution in [2.75, 3.05) is 0 Å². The summed E-state index contributed by atoms with van der Waals surface area (Å²) in [6.45, 7) is -0.0467. The second-order valence-electron chi connectivity index (χ2n) is 3.70. The quantitative estimate of drug-likeness (QED) is 0.457. The van der Waals surface area contributed by atoms with Crippen molar-refractivity contribution >= 4 is 39.5 Å². The monoisotopic (exact) mass is 359 g/mol. The fraction of sp³-hybridized carbons (Fsp3) is 0.0833. The SMILES string of the molecule is O=Cc1ccc(COc2c(Br)cc(Cl)cc2[N+](=O)[O-])o1. The number of carbonyl (C=O) groups excluding carboxylic acids is 1. The standard InChI is InChI=1S/C12H7BrClNO5/c13-10-3-7(14)4-11(15(17)18)12(10)19-6-9-2-1-8(5-16)20-9/h1-5H,6H2. The Morgan fingerprint density at radius 2 is 2.20 bits per heavy atom. The third-order valence-electron chi connectivity index (χ3n) is 2.34. The smallest absolute Gasteiger partial charge is 0.313 e. The minimum absolute atomic E-state index is 0.0449. The lowest BCUT2D eigenvalue weighted by atomic mass is 10.3. The molecule has 0 amide bonds. The zero-order valence-electron chi connectivity index (χ0n) is 9.84. The maximum absolute atomic E-state index is 11.0. The van der Waals surface area contributed by atoms with Gasteiger partial charge >= 0.3 is 5.69 Å². The van der Waals surface area contributed by atoms with Crippen molar-refractivity contribution < 1.29 is 18.9 Å². The molecule has 6 nitrogen and oxygen atoms in total. The van der Waals surface area contributed by atoms with Gasteiger partial charge in [-0.3, -0.25) is 14.9 Å². The molecule has 1 heterocycles. The highest BCUT2D eigenvalue weighted by molar-refractivity contribution is 9.10. The zero-order chi connectivity index (χ0) is 14.7. The normalized spacial score (nSPS) is 10.3. The van der Waals surface area contributed by atoms with E-state index in [-0.39, 0.29) is 28.8 Å². The summed E-state index contributed by atoms with van der Waals surface area (Å²) in [5, 5.41) is 11.2. The minimum atomic E-state index is -0.592. The van der Waals surface area contributed by atoms with Crippen LogP contribution in [0.1, 0.15) is 16.3 Å². The van der Waals surface area contributed by atoms with Crippen molar-refractivity contribution in [2.24, 2.45) is 0 Å². The molecule has 0 unspecified atom stereocenters. The lowest BCUT2D eigenvalue weighted by molar-refractivity contribution is -0.386. The van der Waals surface area contributed by atoms with E-state index in [0.29, 0.717) is 16.5 Å². The van der Waals surface area contributed by atoms with Gasteiger partial charge in [-0.25, -0.2) is 0 Å². The number of nitro groups is 1. The van der Waals surface area contributed by atoms with Gasteiger partial charge in [0, 0.05) is 11.1 Å². The maximum atomic E-state index is 11.0. The number of rotatable bonds is 5. The second kappa shape index (κ2) is 6.06. The van der Waals surface area contributed by atoms with Gasteiger partial charge in [0.1, 0.15) is 12.4 Å². The van der Waals surface area contributed by atoms with Crippen LogP contribution in [0.15, 0.2) is 33.2 Å². The van der Waals surface area contributed by atoms with Crippen LogP contribution in [0.2, 0.25) is 5.02 Å². The second-order valence-corrected chi connectivity index (χ2v) is 4.99. The van der Waals surface area contributed by atoms with Crippen molar-refractivity contribution in [3.8, 4) is 5.75 Å². The molecule has 1 aromatic carbocycles. The summed E-state index contributed by atoms with van der Waals surface area (Å²) in [5.41, 5.74) is -0.258. The van der Waals surface area contributed by atoms with Gasteiger partial charge in [0.15, 0.2) is 12.0 Å². The van der Waals surface area contributed by atoms with E-state index >= 15 is 0 Å². The molecule has 2 aromatic rings. The summed E-state index contributed by atoms with van der Waals surface area (Å²) < 4.78 is 10.8. The van der Waals surface area contributed by atoms with E-state index in [1.807, 2.05) is 0 Å². The van der Waals surface area contributed by atoms with Crippen molar-refractivity contribution in [1.29, 1.82) is 0 Å². The highest BCUT2D eigenvalue weighted by Gasteiger charge is 2.20. The lowest BCUT2D eigenvalue weighted by Gasteiger charge is -2.07. The summed E-state index contributed by atoms with van der Waals surface area (Å²) in [5.74, 6) is 0.583. The molecule has 0 radical (unpaired) electrons. The molecular formula is C12H7BrClNO5. The number of halogens is 2. The average molecular weight is 361 g/mol. The summed E-state index contributed by atoms with van der Waals surface area (Å²) in [7, 11) is 0. The van der Waals surface area contributed by atoms with Gasteiger partial charge in [0.2, 0.25) is 5.75 Å². The summed E-state index contributed by atoms with van der Waals surface area (Å²) in [6.07, 6.45) is 0.560. The van der Waals surface area contributed by atoms with Crippen LogP contribution >= 0.6 is 27.5 Å². The number of aldehydes is 1. The van der Waals surface area contributed by atoms with Gasteiger partial charge in [-0.05, 0) is 34.1 Å². The van der Waals surface area contributed by atoms with Crippen LogP contribution in [0.3, 0.4) is 0 Å². The van der Waals surface area contributed by atoms with Crippen LogP contribution in [0, 0.1) is 10.1 Å². The third kappa shape index (κ3) is 3.17. The van der Waals surface area contributed by atoms with E-state index in [2.05, 4.69) is 15.9 Å². The number of hydrogen-bond donors (Lipinski definition) is 0. The topological polar surface area (TPSA) is 82.6 Å². The van der Waals surface area contributed by atoms with E-state index in [0.717, 1.165) is 0 Å². The van der Waals surface area contributed by atoms with Gasteiger partial charge in [-0.1, -0.05) is 11.6 Å². The van der Waals surface area contributed by atoms with Gasteiger partial charge < -0.3 is 9.15 Å². The Morgan fingerprint density at radius 1 is 1.45 bits per heavy atom. The minimum Gasteiger partial charge on any atom is -0.478 e. The van der Waals surface area contributed by atoms with Crippen LogP contribution in [0.4, 0.5) is 5.69 Å². The molecule has 1 aromatic heterocycles. The molecule has 0 aliphatic carbocycles. The van der Waals surface area contributed by atoms with Crippen LogP contribution in [-0.2, 0) is 6.61 Å². The first kappa shape index (κ1) is 14.5. The predicted molar refractivity (Wildman–Crippen MR) is 74.2 cm³/mol. The van der Waals surface area contributed by atoms with E-state index in [9.17, 15) is 14.9 Å². The number of nitro benzene ring substituents is 1. The fourth-order valence-corrected chi connectivity index (χ4v) is 2.41. The van der Waals surface area contributed by atoms with Gasteiger partial charge in [0.25, 0.3) is 0 Å². The molecule has 2 rings (SSSR count). The van der Waals surface area contributed by atoms with Crippen molar-refractivity contribution in [3.63, 3.8) is 0 Å². The van der Waals surface area contributed by atoms with E-state index in [1.165, 1.54) is 18.2 Å². The van der Waals surface area contributed by atoms with Crippen molar-refractivity contribution in [2.45, 2.75) is 6.61 Å². The molecule has 104 valence electrons. The Balaban J connectivity index is 2.24. The zero-order valence-corrected chi connectivity index (χ0v) is 12.2. The van der Waals surface area contributed by atoms with Crippen molar-refractivity contribution in [1.82, 2.24) is 0 Å². The van der Waals surface area contributed by atoms with E-state index in [1.54, 1.807) is 6.07 Å². The Bertz CT molecular complexity index is 670. The molecule has 0 aliphatic rings. The molecule has 0 N–H and O–H groups in total. The number of benzene rings is 1. The van der Waals surface area contributed by atoms with E-state index in [4.69, 9.17) is 20.8 Å². The van der Waals surface area contributed by atoms with Crippen LogP contribution < -0.4 is 4.74 Å². The summed E-state index contributed by atoms with van der Waals surface area (Å²) in [6, 6.07) is 5.72. The highest BCUT2D eigenvalue weighted by atomic mass is 79.9. The van der Waals surface area contributed by atoms with Crippen molar-refractivity contribution in [3.05, 3.63) is 55.4 Å². The third-order valence-corrected chi connectivity index (χ3v) is 3.15. The first-order chi connectivity index (χ1) is 9.51. The van der Waals surface area contributed by atoms with Gasteiger partial charge in [0.05, 0.1) is 9.40 Å². The number of hydrogen-bond acceptors (Lipinski definition) is 5. The number of ether oxygens (including phenoxy) is 1. The molecule has 0 fully saturated rings. The molecule has 0 atom stereocenters. The average Bonchev–Trinajstić information content (AvgIpc) is 2.84. The fourth-order valence-electron chi connectivity index (χ4n) is 1.50. The Morgan fingerprint density at radius 3 is 2.80 bits per heavy atom. The highest BCUT2D eigenvalue weighted by Crippen LogP contribution is 2.38. The molecule has 20 heavy (non-hydrogen) atoms. The molecule has 0 saturated heterocycles. The largest absolute Gasteiger partial charge is 0.478 e. The molecule has 0 spiro atoms.